The number of benzene rings is 1. The van der Waals surface area contributed by atoms with Gasteiger partial charge in [-0.3, -0.25) is 0 Å². The Hall–Kier alpha value is -2.27. The maximum absolute atomic E-state index is 5.86. The van der Waals surface area contributed by atoms with Crippen molar-refractivity contribution in [1.82, 2.24) is 4.98 Å². The second kappa shape index (κ2) is 7.50. The van der Waals surface area contributed by atoms with Crippen LogP contribution in [0.2, 0.25) is 0 Å². The fraction of sp³-hybridized carbons (Fsp3) is 0.312. The quantitative estimate of drug-likeness (QED) is 0.846. The van der Waals surface area contributed by atoms with Crippen LogP contribution in [0.25, 0.3) is 0 Å². The minimum absolute atomic E-state index is 0.363. The lowest BCUT2D eigenvalue weighted by Crippen LogP contribution is -2.06. The number of hydrogen-bond acceptors (Lipinski definition) is 5. The Balaban J connectivity index is 2.13. The van der Waals surface area contributed by atoms with E-state index in [9.17, 15) is 0 Å². The van der Waals surface area contributed by atoms with Gasteiger partial charge >= 0.3 is 0 Å². The van der Waals surface area contributed by atoms with Crippen LogP contribution < -0.4 is 19.9 Å². The molecule has 0 saturated heterocycles. The van der Waals surface area contributed by atoms with E-state index in [1.165, 1.54) is 0 Å². The first-order chi connectivity index (χ1) is 10.3. The van der Waals surface area contributed by atoms with Crippen LogP contribution in [0.1, 0.15) is 11.3 Å². The van der Waals surface area contributed by atoms with Gasteiger partial charge in [0.1, 0.15) is 18.1 Å². The standard InChI is InChI=1S/C16H20N2O3/c1-19-14-7-6-12(8-9-17)15(10-14)21-11-13-4-3-5-16(18-13)20-2/h3-7,10H,8-9,11,17H2,1-2H3. The van der Waals surface area contributed by atoms with Crippen LogP contribution in [0.3, 0.4) is 0 Å². The Kier molecular flexibility index (Phi) is 5.40. The number of nitrogens with two attached hydrogens (primary N) is 1. The van der Waals surface area contributed by atoms with Crippen molar-refractivity contribution in [3.63, 3.8) is 0 Å². The maximum Gasteiger partial charge on any atom is 0.213 e. The Morgan fingerprint density at radius 1 is 1.10 bits per heavy atom. The molecule has 0 radical (unpaired) electrons. The molecule has 1 aromatic heterocycles. The molecule has 2 aromatic rings. The highest BCUT2D eigenvalue weighted by atomic mass is 16.5. The van der Waals surface area contributed by atoms with Gasteiger partial charge in [0.15, 0.2) is 0 Å². The van der Waals surface area contributed by atoms with Crippen LogP contribution in [0.4, 0.5) is 0 Å². The number of ether oxygens (including phenoxy) is 3. The lowest BCUT2D eigenvalue weighted by Gasteiger charge is -2.12. The van der Waals surface area contributed by atoms with E-state index in [0.29, 0.717) is 19.0 Å². The molecule has 0 fully saturated rings. The molecule has 21 heavy (non-hydrogen) atoms. The molecule has 0 unspecified atom stereocenters. The number of aromatic nitrogens is 1. The van der Waals surface area contributed by atoms with E-state index in [0.717, 1.165) is 29.2 Å². The minimum atomic E-state index is 0.363. The van der Waals surface area contributed by atoms with Gasteiger partial charge in [-0.1, -0.05) is 12.1 Å². The van der Waals surface area contributed by atoms with E-state index >= 15 is 0 Å². The smallest absolute Gasteiger partial charge is 0.213 e. The fourth-order valence-corrected chi connectivity index (χ4v) is 1.96. The van der Waals surface area contributed by atoms with Crippen molar-refractivity contribution in [2.75, 3.05) is 20.8 Å². The van der Waals surface area contributed by atoms with Crippen LogP contribution >= 0.6 is 0 Å². The van der Waals surface area contributed by atoms with Crippen molar-refractivity contribution in [3.8, 4) is 17.4 Å². The van der Waals surface area contributed by atoms with Crippen molar-refractivity contribution in [2.24, 2.45) is 5.73 Å². The summed E-state index contributed by atoms with van der Waals surface area (Å²) in [5.41, 5.74) is 7.49. The minimum Gasteiger partial charge on any atom is -0.497 e. The lowest BCUT2D eigenvalue weighted by molar-refractivity contribution is 0.293. The van der Waals surface area contributed by atoms with Crippen molar-refractivity contribution in [1.29, 1.82) is 0 Å². The van der Waals surface area contributed by atoms with E-state index in [2.05, 4.69) is 4.98 Å². The summed E-state index contributed by atoms with van der Waals surface area (Å²) >= 11 is 0. The average molecular weight is 288 g/mol. The van der Waals surface area contributed by atoms with Crippen molar-refractivity contribution in [3.05, 3.63) is 47.7 Å². The van der Waals surface area contributed by atoms with Crippen molar-refractivity contribution in [2.45, 2.75) is 13.0 Å². The molecule has 0 atom stereocenters. The zero-order valence-electron chi connectivity index (χ0n) is 12.3. The maximum atomic E-state index is 5.86. The summed E-state index contributed by atoms with van der Waals surface area (Å²) in [5, 5.41) is 0. The van der Waals surface area contributed by atoms with Gasteiger partial charge in [-0.2, -0.15) is 0 Å². The van der Waals surface area contributed by atoms with E-state index in [1.54, 1.807) is 20.3 Å². The SMILES string of the molecule is COc1ccc(CCN)c(OCc2cccc(OC)n2)c1. The molecule has 2 rings (SSSR count). The van der Waals surface area contributed by atoms with E-state index in [4.69, 9.17) is 19.9 Å². The van der Waals surface area contributed by atoms with Crippen molar-refractivity contribution < 1.29 is 14.2 Å². The summed E-state index contributed by atoms with van der Waals surface area (Å²) in [4.78, 5) is 4.32. The third kappa shape index (κ3) is 4.10. The predicted molar refractivity (Wildman–Crippen MR) is 80.9 cm³/mol. The molecule has 5 heteroatoms. The molecular formula is C16H20N2O3. The molecule has 2 N–H and O–H groups in total. The molecule has 1 aromatic carbocycles. The molecule has 1 heterocycles. The van der Waals surface area contributed by atoms with Crippen LogP contribution in [0, 0.1) is 0 Å². The van der Waals surface area contributed by atoms with Crippen molar-refractivity contribution >= 4 is 0 Å². The molecule has 0 aliphatic carbocycles. The summed E-state index contributed by atoms with van der Waals surface area (Å²) in [5.74, 6) is 2.10. The van der Waals surface area contributed by atoms with Crippen LogP contribution in [-0.4, -0.2) is 25.7 Å². The van der Waals surface area contributed by atoms with Gasteiger partial charge < -0.3 is 19.9 Å². The highest BCUT2D eigenvalue weighted by molar-refractivity contribution is 5.41. The van der Waals surface area contributed by atoms with Gasteiger partial charge in [-0.15, -0.1) is 0 Å². The van der Waals surface area contributed by atoms with Crippen LogP contribution in [0.15, 0.2) is 36.4 Å². The highest BCUT2D eigenvalue weighted by Crippen LogP contribution is 2.26. The third-order valence-electron chi connectivity index (χ3n) is 3.05. The number of methoxy groups -OCH3 is 2. The lowest BCUT2D eigenvalue weighted by atomic mass is 10.1. The third-order valence-corrected chi connectivity index (χ3v) is 3.05. The Bertz CT molecular complexity index is 587. The summed E-state index contributed by atoms with van der Waals surface area (Å²) in [6.45, 7) is 0.933. The van der Waals surface area contributed by atoms with Gasteiger partial charge in [0.25, 0.3) is 0 Å². The summed E-state index contributed by atoms with van der Waals surface area (Å²) in [6, 6.07) is 11.3. The predicted octanol–water partition coefficient (Wildman–Crippen LogP) is 2.18. The number of rotatable bonds is 7. The Morgan fingerprint density at radius 3 is 2.67 bits per heavy atom. The molecule has 5 nitrogen and oxygen atoms in total. The molecule has 0 aliphatic rings. The van der Waals surface area contributed by atoms with Gasteiger partial charge in [0.05, 0.1) is 19.9 Å². The van der Waals surface area contributed by atoms with Gasteiger partial charge in [-0.05, 0) is 30.7 Å². The number of pyridine rings is 1. The first-order valence-electron chi connectivity index (χ1n) is 6.76. The Morgan fingerprint density at radius 2 is 1.95 bits per heavy atom. The summed E-state index contributed by atoms with van der Waals surface area (Å²) in [6.07, 6.45) is 0.755. The Labute approximate surface area is 124 Å². The van der Waals surface area contributed by atoms with E-state index in [-0.39, 0.29) is 0 Å². The van der Waals surface area contributed by atoms with Gasteiger partial charge in [-0.25, -0.2) is 4.98 Å². The topological polar surface area (TPSA) is 66.6 Å². The van der Waals surface area contributed by atoms with Gasteiger partial charge in [0, 0.05) is 12.1 Å². The fourth-order valence-electron chi connectivity index (χ4n) is 1.96. The van der Waals surface area contributed by atoms with Crippen LogP contribution in [-0.2, 0) is 13.0 Å². The molecule has 0 amide bonds. The van der Waals surface area contributed by atoms with Crippen LogP contribution in [0.5, 0.6) is 17.4 Å². The van der Waals surface area contributed by atoms with E-state index < -0.39 is 0 Å². The molecule has 112 valence electrons. The average Bonchev–Trinajstić information content (AvgIpc) is 2.54. The summed E-state index contributed by atoms with van der Waals surface area (Å²) < 4.78 is 16.2. The molecule has 0 bridgehead atoms. The summed E-state index contributed by atoms with van der Waals surface area (Å²) in [7, 11) is 3.22. The number of nitrogens with zero attached hydrogens (tertiary/aromatic N) is 1. The molecule has 0 spiro atoms. The monoisotopic (exact) mass is 288 g/mol. The highest BCUT2D eigenvalue weighted by Gasteiger charge is 2.07. The second-order valence-electron chi connectivity index (χ2n) is 4.47. The largest absolute Gasteiger partial charge is 0.497 e. The zero-order chi connectivity index (χ0) is 15.1. The van der Waals surface area contributed by atoms with E-state index in [1.807, 2.05) is 30.3 Å². The first kappa shape index (κ1) is 15.1. The normalized spacial score (nSPS) is 10.2. The first-order valence-corrected chi connectivity index (χ1v) is 6.76. The second-order valence-corrected chi connectivity index (χ2v) is 4.47. The zero-order valence-corrected chi connectivity index (χ0v) is 12.3. The molecule has 0 aliphatic heterocycles. The molecular weight excluding hydrogens is 268 g/mol. The van der Waals surface area contributed by atoms with Gasteiger partial charge in [0.2, 0.25) is 5.88 Å². The number of hydrogen-bond donors (Lipinski definition) is 1. The molecule has 0 saturated carbocycles.